The normalized spacial score (nSPS) is 11.9. The van der Waals surface area contributed by atoms with Crippen LogP contribution in [-0.2, 0) is 4.79 Å². The summed E-state index contributed by atoms with van der Waals surface area (Å²) in [4.78, 5) is 11.7. The van der Waals surface area contributed by atoms with Crippen LogP contribution in [0, 0.1) is 5.41 Å². The topological polar surface area (TPSA) is 79.0 Å². The number of amidine groups is 1. The first-order valence-electron chi connectivity index (χ1n) is 5.90. The minimum absolute atomic E-state index is 0.0413. The quantitative estimate of drug-likeness (QED) is 0.566. The van der Waals surface area contributed by atoms with Gasteiger partial charge in [-0.3, -0.25) is 10.2 Å². The number of para-hydroxylation sites is 1. The molecule has 1 atom stereocenters. The fourth-order valence-electron chi connectivity index (χ4n) is 1.59. The number of amides is 1. The van der Waals surface area contributed by atoms with Gasteiger partial charge in [-0.25, -0.2) is 0 Å². The van der Waals surface area contributed by atoms with Crippen molar-refractivity contribution in [2.75, 3.05) is 11.1 Å². The summed E-state index contributed by atoms with van der Waals surface area (Å²) in [5.41, 5.74) is 7.19. The minimum Gasteiger partial charge on any atom is -0.379 e. The molecule has 0 spiro atoms. The van der Waals surface area contributed by atoms with Crippen LogP contribution in [0.1, 0.15) is 31.7 Å². The highest BCUT2D eigenvalue weighted by Crippen LogP contribution is 2.26. The summed E-state index contributed by atoms with van der Waals surface area (Å²) in [5.74, 6) is 0.442. The van der Waals surface area contributed by atoms with E-state index in [-0.39, 0.29) is 16.8 Å². The third-order valence-electron chi connectivity index (χ3n) is 2.74. The monoisotopic (exact) mass is 265 g/mol. The molecule has 0 saturated heterocycles. The number of carbonyl (C=O) groups excluding carboxylic acids is 1. The first kappa shape index (κ1) is 14.6. The van der Waals surface area contributed by atoms with Crippen LogP contribution in [0.4, 0.5) is 5.69 Å². The smallest absolute Gasteiger partial charge is 0.234 e. The van der Waals surface area contributed by atoms with E-state index in [0.717, 1.165) is 29.4 Å². The molecule has 0 bridgehead atoms. The zero-order chi connectivity index (χ0) is 13.5. The van der Waals surface area contributed by atoms with E-state index in [9.17, 15) is 4.79 Å². The molecule has 1 aromatic carbocycles. The predicted molar refractivity (Wildman–Crippen MR) is 78.1 cm³/mol. The van der Waals surface area contributed by atoms with E-state index in [1.807, 2.05) is 24.3 Å². The van der Waals surface area contributed by atoms with Crippen LogP contribution in [0.25, 0.3) is 0 Å². The van der Waals surface area contributed by atoms with E-state index in [1.54, 1.807) is 0 Å². The van der Waals surface area contributed by atoms with Gasteiger partial charge in [-0.2, -0.15) is 0 Å². The van der Waals surface area contributed by atoms with Crippen LogP contribution in [0.2, 0.25) is 0 Å². The third kappa shape index (κ3) is 4.41. The van der Waals surface area contributed by atoms with Crippen LogP contribution in [0.15, 0.2) is 24.3 Å². The maximum absolute atomic E-state index is 11.7. The average molecular weight is 265 g/mol. The number of rotatable bonds is 5. The Kier molecular flexibility index (Phi) is 5.71. The Bertz CT molecular complexity index is 434. The molecule has 0 radical (unpaired) electrons. The Balaban J connectivity index is 2.72. The second kappa shape index (κ2) is 7.06. The molecule has 1 amide bonds. The van der Waals surface area contributed by atoms with Crippen LogP contribution in [0.5, 0.6) is 0 Å². The minimum atomic E-state index is -0.133. The number of hydrogen-bond donors (Lipinski definition) is 3. The fraction of sp³-hybridized carbons (Fsp3) is 0.385. The molecule has 0 heterocycles. The number of thioether (sulfide) groups is 1. The van der Waals surface area contributed by atoms with Crippen molar-refractivity contribution < 1.29 is 4.79 Å². The summed E-state index contributed by atoms with van der Waals surface area (Å²) in [5, 5.41) is 9.90. The van der Waals surface area contributed by atoms with Crippen LogP contribution in [0.3, 0.4) is 0 Å². The van der Waals surface area contributed by atoms with E-state index in [2.05, 4.69) is 19.2 Å². The Morgan fingerprint density at radius 2 is 2.17 bits per heavy atom. The van der Waals surface area contributed by atoms with Crippen LogP contribution >= 0.6 is 11.8 Å². The summed E-state index contributed by atoms with van der Waals surface area (Å²) >= 11 is 1.03. The van der Waals surface area contributed by atoms with E-state index in [4.69, 9.17) is 11.1 Å². The van der Waals surface area contributed by atoms with Crippen molar-refractivity contribution >= 4 is 28.5 Å². The molecule has 5 heteroatoms. The van der Waals surface area contributed by atoms with Crippen molar-refractivity contribution in [3.05, 3.63) is 29.8 Å². The summed E-state index contributed by atoms with van der Waals surface area (Å²) in [6.07, 6.45) is 1.02. The van der Waals surface area contributed by atoms with Crippen LogP contribution in [-0.4, -0.2) is 16.8 Å². The highest BCUT2D eigenvalue weighted by Gasteiger charge is 2.11. The number of nitrogens with two attached hydrogens (primary N) is 1. The SMILES string of the molecule is CC[C@H](C)c1ccccc1NC(=O)CSC(=N)N. The van der Waals surface area contributed by atoms with Gasteiger partial charge in [-0.05, 0) is 24.0 Å². The summed E-state index contributed by atoms with van der Waals surface area (Å²) in [7, 11) is 0. The summed E-state index contributed by atoms with van der Waals surface area (Å²) in [6.45, 7) is 4.25. The van der Waals surface area contributed by atoms with Gasteiger partial charge in [0, 0.05) is 5.69 Å². The Morgan fingerprint density at radius 3 is 2.78 bits per heavy atom. The number of carbonyl (C=O) groups is 1. The highest BCUT2D eigenvalue weighted by molar-refractivity contribution is 8.14. The molecule has 0 saturated carbocycles. The van der Waals surface area contributed by atoms with Gasteiger partial charge in [0.25, 0.3) is 0 Å². The number of nitrogens with one attached hydrogen (secondary N) is 2. The fourth-order valence-corrected chi connectivity index (χ4v) is 1.95. The molecule has 4 N–H and O–H groups in total. The van der Waals surface area contributed by atoms with Gasteiger partial charge in [0.1, 0.15) is 0 Å². The van der Waals surface area contributed by atoms with Crippen molar-refractivity contribution in [1.82, 2.24) is 0 Å². The first-order valence-corrected chi connectivity index (χ1v) is 6.88. The standard InChI is InChI=1S/C13H19N3OS/c1-3-9(2)10-6-4-5-7-11(10)16-12(17)8-18-13(14)15/h4-7,9H,3,8H2,1-2H3,(H3,14,15)(H,16,17)/t9-/m0/s1. The molecule has 98 valence electrons. The highest BCUT2D eigenvalue weighted by atomic mass is 32.2. The summed E-state index contributed by atoms with van der Waals surface area (Å²) < 4.78 is 0. The van der Waals surface area contributed by atoms with E-state index in [1.165, 1.54) is 0 Å². The Morgan fingerprint density at radius 1 is 1.50 bits per heavy atom. The molecule has 18 heavy (non-hydrogen) atoms. The zero-order valence-corrected chi connectivity index (χ0v) is 11.5. The van der Waals surface area contributed by atoms with Gasteiger partial charge in [0.05, 0.1) is 5.75 Å². The number of hydrogen-bond acceptors (Lipinski definition) is 3. The van der Waals surface area contributed by atoms with Gasteiger partial charge in [0.2, 0.25) is 5.91 Å². The molecule has 0 aliphatic rings. The van der Waals surface area contributed by atoms with E-state index >= 15 is 0 Å². The lowest BCUT2D eigenvalue weighted by Gasteiger charge is -2.15. The number of benzene rings is 1. The van der Waals surface area contributed by atoms with Crippen molar-refractivity contribution in [2.24, 2.45) is 5.73 Å². The van der Waals surface area contributed by atoms with Gasteiger partial charge in [0.15, 0.2) is 5.17 Å². The molecule has 0 fully saturated rings. The predicted octanol–water partition coefficient (Wildman–Crippen LogP) is 2.77. The molecule has 0 aliphatic carbocycles. The molecule has 4 nitrogen and oxygen atoms in total. The maximum Gasteiger partial charge on any atom is 0.234 e. The van der Waals surface area contributed by atoms with E-state index < -0.39 is 0 Å². The second-order valence-electron chi connectivity index (χ2n) is 4.10. The zero-order valence-electron chi connectivity index (χ0n) is 10.7. The first-order chi connectivity index (χ1) is 8.54. The molecular formula is C13H19N3OS. The second-order valence-corrected chi connectivity index (χ2v) is 5.11. The molecular weight excluding hydrogens is 246 g/mol. The van der Waals surface area contributed by atoms with Gasteiger partial charge < -0.3 is 11.1 Å². The summed E-state index contributed by atoms with van der Waals surface area (Å²) in [6, 6.07) is 7.81. The van der Waals surface area contributed by atoms with Crippen molar-refractivity contribution in [1.29, 1.82) is 5.41 Å². The molecule has 1 rings (SSSR count). The van der Waals surface area contributed by atoms with Gasteiger partial charge >= 0.3 is 0 Å². The third-order valence-corrected chi connectivity index (χ3v) is 3.45. The van der Waals surface area contributed by atoms with Crippen molar-refractivity contribution in [3.63, 3.8) is 0 Å². The lowest BCUT2D eigenvalue weighted by atomic mass is 9.97. The van der Waals surface area contributed by atoms with Crippen molar-refractivity contribution in [3.8, 4) is 0 Å². The van der Waals surface area contributed by atoms with Crippen molar-refractivity contribution in [2.45, 2.75) is 26.2 Å². The molecule has 0 aliphatic heterocycles. The molecule has 0 unspecified atom stereocenters. The molecule has 1 aromatic rings. The van der Waals surface area contributed by atoms with Gasteiger partial charge in [-0.1, -0.05) is 43.8 Å². The van der Waals surface area contributed by atoms with Gasteiger partial charge in [-0.15, -0.1) is 0 Å². The lowest BCUT2D eigenvalue weighted by molar-refractivity contribution is -0.113. The molecule has 0 aromatic heterocycles. The van der Waals surface area contributed by atoms with E-state index in [0.29, 0.717) is 5.92 Å². The number of anilines is 1. The van der Waals surface area contributed by atoms with Crippen LogP contribution < -0.4 is 11.1 Å². The largest absolute Gasteiger partial charge is 0.379 e. The lowest BCUT2D eigenvalue weighted by Crippen LogP contribution is -2.18. The Hall–Kier alpha value is -1.49. The average Bonchev–Trinajstić information content (AvgIpc) is 2.36. The Labute approximate surface area is 112 Å². The maximum atomic E-state index is 11.7.